The van der Waals surface area contributed by atoms with Crippen molar-refractivity contribution in [3.8, 4) is 6.07 Å². The zero-order chi connectivity index (χ0) is 9.10. The molecule has 2 unspecified atom stereocenters. The van der Waals surface area contributed by atoms with Crippen LogP contribution in [0.3, 0.4) is 0 Å². The molecule has 0 aromatic heterocycles. The van der Waals surface area contributed by atoms with Crippen LogP contribution in [0.5, 0.6) is 0 Å². The van der Waals surface area contributed by atoms with Crippen LogP contribution >= 0.6 is 12.4 Å². The SMILES string of the molecule is Cl.N#CC1=CC2NCC=CNC2C=C1. The molecule has 3 nitrogen and oxygen atoms in total. The van der Waals surface area contributed by atoms with Crippen molar-refractivity contribution in [3.63, 3.8) is 0 Å². The molecule has 0 fully saturated rings. The minimum absolute atomic E-state index is 0. The van der Waals surface area contributed by atoms with E-state index in [9.17, 15) is 0 Å². The van der Waals surface area contributed by atoms with Crippen molar-refractivity contribution in [2.75, 3.05) is 6.54 Å². The van der Waals surface area contributed by atoms with Gasteiger partial charge in [-0.2, -0.15) is 5.26 Å². The van der Waals surface area contributed by atoms with E-state index in [4.69, 9.17) is 5.26 Å². The number of fused-ring (bicyclic) bond motifs is 1. The van der Waals surface area contributed by atoms with Gasteiger partial charge in [-0.1, -0.05) is 12.2 Å². The van der Waals surface area contributed by atoms with Gasteiger partial charge in [0.25, 0.3) is 0 Å². The van der Waals surface area contributed by atoms with Gasteiger partial charge in [0.1, 0.15) is 0 Å². The molecule has 74 valence electrons. The largest absolute Gasteiger partial charge is 0.383 e. The van der Waals surface area contributed by atoms with Crippen LogP contribution in [0, 0.1) is 11.3 Å². The van der Waals surface area contributed by atoms with Crippen molar-refractivity contribution < 1.29 is 0 Å². The summed E-state index contributed by atoms with van der Waals surface area (Å²) in [5.41, 5.74) is 0.734. The van der Waals surface area contributed by atoms with Gasteiger partial charge in [-0.3, -0.25) is 0 Å². The molecule has 14 heavy (non-hydrogen) atoms. The summed E-state index contributed by atoms with van der Waals surface area (Å²) in [4.78, 5) is 0. The maximum Gasteiger partial charge on any atom is 0.0988 e. The average molecular weight is 210 g/mol. The first-order valence-electron chi connectivity index (χ1n) is 4.35. The minimum atomic E-state index is 0. The second-order valence-electron chi connectivity index (χ2n) is 3.12. The predicted octanol–water partition coefficient (Wildman–Crippen LogP) is 0.872. The summed E-state index contributed by atoms with van der Waals surface area (Å²) >= 11 is 0. The highest BCUT2D eigenvalue weighted by Crippen LogP contribution is 2.11. The number of halogens is 1. The Morgan fingerprint density at radius 2 is 2.29 bits per heavy atom. The van der Waals surface area contributed by atoms with E-state index >= 15 is 0 Å². The first-order chi connectivity index (χ1) is 6.40. The lowest BCUT2D eigenvalue weighted by atomic mass is 9.99. The van der Waals surface area contributed by atoms with Gasteiger partial charge in [0.05, 0.1) is 18.2 Å². The van der Waals surface area contributed by atoms with Crippen molar-refractivity contribution in [2.24, 2.45) is 0 Å². The third kappa shape index (κ3) is 2.16. The Hall–Kier alpha value is -1.24. The zero-order valence-electron chi connectivity index (χ0n) is 7.60. The molecule has 0 aromatic rings. The number of hydrogen-bond donors (Lipinski definition) is 2. The van der Waals surface area contributed by atoms with E-state index in [2.05, 4.69) is 16.7 Å². The molecule has 0 bridgehead atoms. The van der Waals surface area contributed by atoms with Gasteiger partial charge in [0.2, 0.25) is 0 Å². The topological polar surface area (TPSA) is 47.9 Å². The van der Waals surface area contributed by atoms with E-state index in [1.807, 2.05) is 30.5 Å². The molecule has 1 aliphatic carbocycles. The molecule has 0 aromatic carbocycles. The third-order valence-corrected chi connectivity index (χ3v) is 2.24. The lowest BCUT2D eigenvalue weighted by molar-refractivity contribution is 0.541. The van der Waals surface area contributed by atoms with E-state index in [1.54, 1.807) is 0 Å². The zero-order valence-corrected chi connectivity index (χ0v) is 8.42. The van der Waals surface area contributed by atoms with Crippen LogP contribution in [-0.2, 0) is 0 Å². The van der Waals surface area contributed by atoms with Crippen LogP contribution in [0.15, 0.2) is 36.1 Å². The summed E-state index contributed by atoms with van der Waals surface area (Å²) in [5.74, 6) is 0. The van der Waals surface area contributed by atoms with E-state index in [-0.39, 0.29) is 24.5 Å². The summed E-state index contributed by atoms with van der Waals surface area (Å²) in [6.45, 7) is 0.844. The lowest BCUT2D eigenvalue weighted by Crippen LogP contribution is -2.43. The van der Waals surface area contributed by atoms with E-state index in [1.165, 1.54) is 0 Å². The smallest absolute Gasteiger partial charge is 0.0988 e. The number of nitrogens with one attached hydrogen (secondary N) is 2. The normalized spacial score (nSPS) is 28.6. The highest BCUT2D eigenvalue weighted by molar-refractivity contribution is 5.85. The molecule has 2 aliphatic rings. The second-order valence-corrected chi connectivity index (χ2v) is 3.12. The third-order valence-electron chi connectivity index (χ3n) is 2.24. The molecule has 0 saturated carbocycles. The summed E-state index contributed by atoms with van der Waals surface area (Å²) in [5, 5.41) is 15.3. The Morgan fingerprint density at radius 1 is 1.43 bits per heavy atom. The number of nitriles is 1. The average Bonchev–Trinajstić information content (AvgIpc) is 2.41. The van der Waals surface area contributed by atoms with Gasteiger partial charge >= 0.3 is 0 Å². The summed E-state index contributed by atoms with van der Waals surface area (Å²) in [6.07, 6.45) is 9.82. The predicted molar refractivity (Wildman–Crippen MR) is 57.9 cm³/mol. The number of nitrogens with zero attached hydrogens (tertiary/aromatic N) is 1. The quantitative estimate of drug-likeness (QED) is 0.623. The monoisotopic (exact) mass is 209 g/mol. The molecular formula is C10H12ClN3. The van der Waals surface area contributed by atoms with E-state index in [0.717, 1.165) is 12.1 Å². The molecule has 4 heteroatoms. The van der Waals surface area contributed by atoms with Gasteiger partial charge in [-0.05, 0) is 18.4 Å². The van der Waals surface area contributed by atoms with Crippen LogP contribution in [0.1, 0.15) is 0 Å². The fraction of sp³-hybridized carbons (Fsp3) is 0.300. The standard InChI is InChI=1S/C10H11N3.ClH/c11-7-8-2-3-9-10(6-8)13-5-1-4-12-9;/h1-4,6,9-10,12-13H,5H2;1H. The van der Waals surface area contributed by atoms with Crippen molar-refractivity contribution in [3.05, 3.63) is 36.1 Å². The van der Waals surface area contributed by atoms with Crippen LogP contribution in [0.2, 0.25) is 0 Å². The Bertz CT molecular complexity index is 325. The van der Waals surface area contributed by atoms with Crippen molar-refractivity contribution in [2.45, 2.75) is 12.1 Å². The molecule has 0 radical (unpaired) electrons. The maximum atomic E-state index is 8.72. The lowest BCUT2D eigenvalue weighted by Gasteiger charge is -2.23. The number of rotatable bonds is 0. The summed E-state index contributed by atoms with van der Waals surface area (Å²) in [6, 6.07) is 2.65. The molecular weight excluding hydrogens is 198 g/mol. The molecule has 2 rings (SSSR count). The molecule has 2 atom stereocenters. The molecule has 0 saturated heterocycles. The Morgan fingerprint density at radius 3 is 3.07 bits per heavy atom. The Kier molecular flexibility index (Phi) is 3.75. The van der Waals surface area contributed by atoms with E-state index < -0.39 is 0 Å². The second kappa shape index (κ2) is 4.85. The summed E-state index contributed by atoms with van der Waals surface area (Å²) < 4.78 is 0. The van der Waals surface area contributed by atoms with E-state index in [0.29, 0.717) is 0 Å². The fourth-order valence-corrected chi connectivity index (χ4v) is 1.54. The maximum absolute atomic E-state index is 8.72. The van der Waals surface area contributed by atoms with Crippen LogP contribution in [0.25, 0.3) is 0 Å². The Labute approximate surface area is 89.6 Å². The first kappa shape index (κ1) is 10.8. The highest BCUT2D eigenvalue weighted by Gasteiger charge is 2.19. The number of allylic oxidation sites excluding steroid dienone is 2. The fourth-order valence-electron chi connectivity index (χ4n) is 1.54. The van der Waals surface area contributed by atoms with Gasteiger partial charge in [0, 0.05) is 12.1 Å². The van der Waals surface area contributed by atoms with Crippen LogP contribution < -0.4 is 10.6 Å². The van der Waals surface area contributed by atoms with Crippen molar-refractivity contribution >= 4 is 12.4 Å². The van der Waals surface area contributed by atoms with Gasteiger partial charge in [0.15, 0.2) is 0 Å². The van der Waals surface area contributed by atoms with Crippen molar-refractivity contribution in [1.82, 2.24) is 10.6 Å². The highest BCUT2D eigenvalue weighted by atomic mass is 35.5. The number of hydrogen-bond acceptors (Lipinski definition) is 3. The molecule has 1 heterocycles. The molecule has 2 N–H and O–H groups in total. The first-order valence-corrected chi connectivity index (χ1v) is 4.35. The molecule has 0 spiro atoms. The van der Waals surface area contributed by atoms with Crippen LogP contribution in [0.4, 0.5) is 0 Å². The van der Waals surface area contributed by atoms with Crippen LogP contribution in [-0.4, -0.2) is 18.6 Å². The van der Waals surface area contributed by atoms with Gasteiger partial charge in [-0.15, -0.1) is 12.4 Å². The van der Waals surface area contributed by atoms with Gasteiger partial charge in [-0.25, -0.2) is 0 Å². The molecule has 0 amide bonds. The summed E-state index contributed by atoms with van der Waals surface area (Å²) in [7, 11) is 0. The Balaban J connectivity index is 0.000000980. The minimum Gasteiger partial charge on any atom is -0.383 e. The molecule has 1 aliphatic heterocycles. The van der Waals surface area contributed by atoms with Crippen molar-refractivity contribution in [1.29, 1.82) is 5.26 Å². The van der Waals surface area contributed by atoms with Gasteiger partial charge < -0.3 is 10.6 Å².